The number of hydrogen-bond acceptors (Lipinski definition) is 5. The second kappa shape index (κ2) is 9.96. The Morgan fingerprint density at radius 3 is 2.21 bits per heavy atom. The fourth-order valence-corrected chi connectivity index (χ4v) is 2.35. The lowest BCUT2D eigenvalue weighted by Gasteiger charge is -2.06. The van der Waals surface area contributed by atoms with E-state index in [9.17, 15) is 19.7 Å². The average Bonchev–Trinajstić information content (AvgIpc) is 2.70. The van der Waals surface area contributed by atoms with Crippen molar-refractivity contribution in [3.63, 3.8) is 0 Å². The van der Waals surface area contributed by atoms with E-state index in [1.807, 2.05) is 6.92 Å². The van der Waals surface area contributed by atoms with Gasteiger partial charge in [-0.05, 0) is 55.3 Å². The maximum Gasteiger partial charge on any atom is 0.271 e. The third-order valence-electron chi connectivity index (χ3n) is 4.01. The number of nitrogens with one attached hydrogen (secondary N) is 2. The number of nitro benzene ring substituents is 1. The van der Waals surface area contributed by atoms with E-state index in [1.54, 1.807) is 43.3 Å². The van der Waals surface area contributed by atoms with Crippen molar-refractivity contribution in [2.45, 2.75) is 33.1 Å². The molecule has 0 unspecified atom stereocenters. The van der Waals surface area contributed by atoms with E-state index in [2.05, 4.69) is 15.8 Å². The highest BCUT2D eigenvalue weighted by atomic mass is 16.6. The summed E-state index contributed by atoms with van der Waals surface area (Å²) in [5, 5.41) is 17.5. The van der Waals surface area contributed by atoms with Crippen molar-refractivity contribution in [1.29, 1.82) is 0 Å². The number of rotatable bonds is 8. The normalized spacial score (nSPS) is 11.0. The Labute approximate surface area is 162 Å². The first kappa shape index (κ1) is 20.8. The molecule has 0 aromatic heterocycles. The molecule has 8 heteroatoms. The number of hydrogen-bond donors (Lipinski definition) is 2. The lowest BCUT2D eigenvalue weighted by molar-refractivity contribution is -0.384. The number of nitro groups is 1. The molecule has 0 bridgehead atoms. The minimum atomic E-state index is -0.478. The molecular weight excluding hydrogens is 360 g/mol. The van der Waals surface area contributed by atoms with Crippen LogP contribution in [0.4, 0.5) is 11.4 Å². The minimum absolute atomic E-state index is 0.0116. The Morgan fingerprint density at radius 2 is 1.64 bits per heavy atom. The van der Waals surface area contributed by atoms with Gasteiger partial charge in [-0.1, -0.05) is 13.3 Å². The van der Waals surface area contributed by atoms with E-state index in [0.717, 1.165) is 12.8 Å². The first-order valence-corrected chi connectivity index (χ1v) is 8.90. The van der Waals surface area contributed by atoms with Gasteiger partial charge in [0.15, 0.2) is 0 Å². The van der Waals surface area contributed by atoms with Gasteiger partial charge < -0.3 is 5.32 Å². The highest BCUT2D eigenvalue weighted by Gasteiger charge is 2.08. The second-order valence-corrected chi connectivity index (χ2v) is 6.17. The summed E-state index contributed by atoms with van der Waals surface area (Å²) in [5.74, 6) is -0.451. The topological polar surface area (TPSA) is 114 Å². The molecule has 2 rings (SSSR count). The summed E-state index contributed by atoms with van der Waals surface area (Å²) in [6.45, 7) is 3.71. The molecule has 0 heterocycles. The van der Waals surface area contributed by atoms with Crippen LogP contribution >= 0.6 is 0 Å². The van der Waals surface area contributed by atoms with Crippen LogP contribution in [0.5, 0.6) is 0 Å². The molecule has 0 aliphatic heterocycles. The SMILES string of the molecule is CCCCC(=O)Nc1ccc(C(=O)NN=C(C)c2ccc([N+](=O)[O-])cc2)cc1. The van der Waals surface area contributed by atoms with E-state index < -0.39 is 10.8 Å². The van der Waals surface area contributed by atoms with Crippen LogP contribution in [0.3, 0.4) is 0 Å². The third-order valence-corrected chi connectivity index (χ3v) is 4.01. The van der Waals surface area contributed by atoms with Crippen LogP contribution in [-0.2, 0) is 4.79 Å². The Kier molecular flexibility index (Phi) is 7.38. The fourth-order valence-electron chi connectivity index (χ4n) is 2.35. The summed E-state index contributed by atoms with van der Waals surface area (Å²) < 4.78 is 0. The standard InChI is InChI=1S/C20H22N4O4/c1-3-4-5-19(25)21-17-10-6-16(7-11-17)20(26)23-22-14(2)15-8-12-18(13-9-15)24(27)28/h6-13H,3-5H2,1-2H3,(H,21,25)(H,23,26). The van der Waals surface area contributed by atoms with E-state index in [0.29, 0.717) is 28.9 Å². The molecule has 2 amide bonds. The molecule has 8 nitrogen and oxygen atoms in total. The van der Waals surface area contributed by atoms with Crippen molar-refractivity contribution in [3.05, 3.63) is 69.8 Å². The van der Waals surface area contributed by atoms with E-state index in [-0.39, 0.29) is 11.6 Å². The Balaban J connectivity index is 1.95. The van der Waals surface area contributed by atoms with Crippen LogP contribution in [0.15, 0.2) is 53.6 Å². The molecule has 0 fully saturated rings. The maximum atomic E-state index is 12.2. The van der Waals surface area contributed by atoms with Gasteiger partial charge in [0.25, 0.3) is 11.6 Å². The van der Waals surface area contributed by atoms with Gasteiger partial charge in [-0.25, -0.2) is 5.43 Å². The van der Waals surface area contributed by atoms with Gasteiger partial charge >= 0.3 is 0 Å². The van der Waals surface area contributed by atoms with Gasteiger partial charge in [-0.2, -0.15) is 5.10 Å². The molecule has 0 aliphatic carbocycles. The largest absolute Gasteiger partial charge is 0.326 e. The zero-order valence-corrected chi connectivity index (χ0v) is 15.8. The third kappa shape index (κ3) is 6.01. The second-order valence-electron chi connectivity index (χ2n) is 6.17. The number of benzene rings is 2. The summed E-state index contributed by atoms with van der Waals surface area (Å²) in [6.07, 6.45) is 2.25. The van der Waals surface area contributed by atoms with Crippen molar-refractivity contribution < 1.29 is 14.5 Å². The van der Waals surface area contributed by atoms with Crippen LogP contribution < -0.4 is 10.7 Å². The first-order valence-electron chi connectivity index (χ1n) is 8.90. The molecule has 0 aliphatic rings. The average molecular weight is 382 g/mol. The minimum Gasteiger partial charge on any atom is -0.326 e. The quantitative estimate of drug-likeness (QED) is 0.410. The Bertz CT molecular complexity index is 874. The zero-order chi connectivity index (χ0) is 20.5. The molecule has 0 radical (unpaired) electrons. The highest BCUT2D eigenvalue weighted by molar-refractivity contribution is 6.01. The predicted molar refractivity (Wildman–Crippen MR) is 107 cm³/mol. The van der Waals surface area contributed by atoms with Crippen LogP contribution in [-0.4, -0.2) is 22.4 Å². The van der Waals surface area contributed by atoms with Gasteiger partial charge in [-0.3, -0.25) is 19.7 Å². The predicted octanol–water partition coefficient (Wildman–Crippen LogP) is 3.88. The molecule has 2 aromatic carbocycles. The number of amides is 2. The summed E-state index contributed by atoms with van der Waals surface area (Å²) in [7, 11) is 0. The molecule has 0 spiro atoms. The van der Waals surface area contributed by atoms with Crippen molar-refractivity contribution in [2.75, 3.05) is 5.32 Å². The molecule has 0 saturated carbocycles. The van der Waals surface area contributed by atoms with Crippen LogP contribution in [0, 0.1) is 10.1 Å². The summed E-state index contributed by atoms with van der Waals surface area (Å²) in [6, 6.07) is 12.4. The number of carbonyl (C=O) groups is 2. The Hall–Kier alpha value is -3.55. The first-order chi connectivity index (χ1) is 13.4. The number of unbranched alkanes of at least 4 members (excludes halogenated alkanes) is 1. The van der Waals surface area contributed by atoms with Gasteiger partial charge in [0, 0.05) is 29.8 Å². The van der Waals surface area contributed by atoms with Gasteiger partial charge in [-0.15, -0.1) is 0 Å². The molecule has 0 atom stereocenters. The molecule has 2 N–H and O–H groups in total. The molecule has 146 valence electrons. The van der Waals surface area contributed by atoms with E-state index in [1.165, 1.54) is 12.1 Å². The molecule has 28 heavy (non-hydrogen) atoms. The maximum absolute atomic E-state index is 12.2. The van der Waals surface area contributed by atoms with Gasteiger partial charge in [0.1, 0.15) is 0 Å². The summed E-state index contributed by atoms with van der Waals surface area (Å²) >= 11 is 0. The number of anilines is 1. The number of non-ortho nitro benzene ring substituents is 1. The lowest BCUT2D eigenvalue weighted by Crippen LogP contribution is -2.19. The molecule has 0 saturated heterocycles. The lowest BCUT2D eigenvalue weighted by atomic mass is 10.1. The van der Waals surface area contributed by atoms with Crippen LogP contribution in [0.2, 0.25) is 0 Å². The van der Waals surface area contributed by atoms with E-state index >= 15 is 0 Å². The van der Waals surface area contributed by atoms with Crippen molar-refractivity contribution in [1.82, 2.24) is 5.43 Å². The van der Waals surface area contributed by atoms with Crippen molar-refractivity contribution >= 4 is 28.9 Å². The summed E-state index contributed by atoms with van der Waals surface area (Å²) in [4.78, 5) is 34.1. The highest BCUT2D eigenvalue weighted by Crippen LogP contribution is 2.13. The van der Waals surface area contributed by atoms with Crippen molar-refractivity contribution in [2.24, 2.45) is 5.10 Å². The molecule has 2 aromatic rings. The zero-order valence-electron chi connectivity index (χ0n) is 15.8. The van der Waals surface area contributed by atoms with Gasteiger partial charge in [0.05, 0.1) is 10.6 Å². The number of carbonyl (C=O) groups excluding carboxylic acids is 2. The Morgan fingerprint density at radius 1 is 1.04 bits per heavy atom. The van der Waals surface area contributed by atoms with E-state index in [4.69, 9.17) is 0 Å². The summed E-state index contributed by atoms with van der Waals surface area (Å²) in [5.41, 5.74) is 4.64. The fraction of sp³-hybridized carbons (Fsp3) is 0.250. The number of nitrogens with zero attached hydrogens (tertiary/aromatic N) is 2. The van der Waals surface area contributed by atoms with Gasteiger partial charge in [0.2, 0.25) is 5.91 Å². The molecular formula is C20H22N4O4. The van der Waals surface area contributed by atoms with Crippen molar-refractivity contribution in [3.8, 4) is 0 Å². The monoisotopic (exact) mass is 382 g/mol. The smallest absolute Gasteiger partial charge is 0.271 e. The van der Waals surface area contributed by atoms with Crippen LogP contribution in [0.25, 0.3) is 0 Å². The number of hydrazone groups is 1. The van der Waals surface area contributed by atoms with Crippen LogP contribution in [0.1, 0.15) is 49.0 Å².